The van der Waals surface area contributed by atoms with E-state index in [1.807, 2.05) is 19.1 Å². The molecule has 1 aliphatic heterocycles. The van der Waals surface area contributed by atoms with E-state index in [-0.39, 0.29) is 23.8 Å². The number of imide groups is 1. The first-order valence-corrected chi connectivity index (χ1v) is 8.84. The summed E-state index contributed by atoms with van der Waals surface area (Å²) in [6, 6.07) is 13.8. The molecule has 1 atom stereocenters. The molecule has 1 N–H and O–H groups in total. The number of aryl methyl sites for hydroxylation is 1. The van der Waals surface area contributed by atoms with Gasteiger partial charge in [-0.15, -0.1) is 11.8 Å². The molecule has 0 spiro atoms. The molecule has 1 heterocycles. The number of thioether (sulfide) groups is 1. The van der Waals surface area contributed by atoms with Crippen LogP contribution in [-0.2, 0) is 16.0 Å². The van der Waals surface area contributed by atoms with Crippen LogP contribution in [0.3, 0.4) is 0 Å². The number of nitrogens with zero attached hydrogens (tertiary/aromatic N) is 1. The molecule has 3 rings (SSSR count). The Balaban J connectivity index is 1.83. The van der Waals surface area contributed by atoms with Crippen LogP contribution in [0.25, 0.3) is 0 Å². The first-order valence-electron chi connectivity index (χ1n) is 7.96. The van der Waals surface area contributed by atoms with E-state index < -0.39 is 11.2 Å². The summed E-state index contributed by atoms with van der Waals surface area (Å²) in [6.45, 7) is 2.04. The second-order valence-corrected chi connectivity index (χ2v) is 6.94. The molecule has 25 heavy (non-hydrogen) atoms. The summed E-state index contributed by atoms with van der Waals surface area (Å²) < 4.78 is 0. The van der Waals surface area contributed by atoms with Crippen molar-refractivity contribution >= 4 is 35.2 Å². The predicted octanol–water partition coefficient (Wildman–Crippen LogP) is 3.37. The van der Waals surface area contributed by atoms with Crippen molar-refractivity contribution in [3.05, 3.63) is 59.7 Å². The molecule has 0 radical (unpaired) electrons. The highest BCUT2D eigenvalue weighted by Gasteiger charge is 2.40. The molecule has 0 aromatic heterocycles. The summed E-state index contributed by atoms with van der Waals surface area (Å²) in [6.07, 6.45) is 0.944. The molecule has 0 saturated carbocycles. The molecule has 0 unspecified atom stereocenters. The average Bonchev–Trinajstić information content (AvgIpc) is 2.89. The normalized spacial score (nSPS) is 17.2. The van der Waals surface area contributed by atoms with Gasteiger partial charge in [0.25, 0.3) is 0 Å². The Labute approximate surface area is 149 Å². The zero-order valence-electron chi connectivity index (χ0n) is 13.6. The number of carbonyl (C=O) groups is 3. The van der Waals surface area contributed by atoms with Crippen molar-refractivity contribution in [2.45, 2.75) is 29.9 Å². The largest absolute Gasteiger partial charge is 0.478 e. The summed E-state index contributed by atoms with van der Waals surface area (Å²) in [4.78, 5) is 38.0. The maximum absolute atomic E-state index is 12.7. The van der Waals surface area contributed by atoms with E-state index in [9.17, 15) is 19.5 Å². The van der Waals surface area contributed by atoms with Crippen LogP contribution in [0.4, 0.5) is 5.69 Å². The van der Waals surface area contributed by atoms with Gasteiger partial charge < -0.3 is 5.11 Å². The lowest BCUT2D eigenvalue weighted by molar-refractivity contribution is -0.121. The van der Waals surface area contributed by atoms with Crippen LogP contribution in [-0.4, -0.2) is 28.1 Å². The highest BCUT2D eigenvalue weighted by Crippen LogP contribution is 2.35. The summed E-state index contributed by atoms with van der Waals surface area (Å²) in [7, 11) is 0. The van der Waals surface area contributed by atoms with Crippen LogP contribution in [0.2, 0.25) is 0 Å². The summed E-state index contributed by atoms with van der Waals surface area (Å²) in [5.74, 6) is -1.62. The van der Waals surface area contributed by atoms with Crippen LogP contribution in [0.5, 0.6) is 0 Å². The number of hydrogen-bond acceptors (Lipinski definition) is 4. The fourth-order valence-electron chi connectivity index (χ4n) is 2.75. The van der Waals surface area contributed by atoms with Crippen LogP contribution in [0.15, 0.2) is 53.4 Å². The Morgan fingerprint density at radius 3 is 2.48 bits per heavy atom. The average molecular weight is 355 g/mol. The molecule has 6 heteroatoms. The van der Waals surface area contributed by atoms with Crippen LogP contribution >= 0.6 is 11.8 Å². The smallest absolute Gasteiger partial charge is 0.336 e. The lowest BCUT2D eigenvalue weighted by Gasteiger charge is -2.15. The number of carboxylic acid groups (broad SMARTS) is 1. The molecule has 2 aromatic carbocycles. The number of benzene rings is 2. The number of anilines is 1. The molecule has 5 nitrogen and oxygen atoms in total. The predicted molar refractivity (Wildman–Crippen MR) is 96.0 cm³/mol. The summed E-state index contributed by atoms with van der Waals surface area (Å²) >= 11 is 1.13. The molecule has 1 fully saturated rings. The maximum atomic E-state index is 12.7. The highest BCUT2D eigenvalue weighted by molar-refractivity contribution is 8.00. The van der Waals surface area contributed by atoms with Gasteiger partial charge in [0.2, 0.25) is 11.8 Å². The molecular formula is C19H17NO4S. The lowest BCUT2D eigenvalue weighted by atomic mass is 10.1. The third-order valence-corrected chi connectivity index (χ3v) is 5.36. The van der Waals surface area contributed by atoms with E-state index in [4.69, 9.17) is 0 Å². The fourth-order valence-corrected chi connectivity index (χ4v) is 3.93. The van der Waals surface area contributed by atoms with E-state index in [1.165, 1.54) is 11.0 Å². The Morgan fingerprint density at radius 2 is 1.84 bits per heavy atom. The molecule has 0 bridgehead atoms. The van der Waals surface area contributed by atoms with E-state index in [0.29, 0.717) is 10.6 Å². The first-order chi connectivity index (χ1) is 12.0. The summed E-state index contributed by atoms with van der Waals surface area (Å²) in [5, 5.41) is 8.65. The molecule has 1 saturated heterocycles. The number of amides is 2. The number of hydrogen-bond donors (Lipinski definition) is 1. The van der Waals surface area contributed by atoms with E-state index in [1.54, 1.807) is 30.3 Å². The van der Waals surface area contributed by atoms with Crippen molar-refractivity contribution in [1.29, 1.82) is 0 Å². The molecular weight excluding hydrogens is 338 g/mol. The van der Waals surface area contributed by atoms with Gasteiger partial charge in [-0.1, -0.05) is 31.2 Å². The van der Waals surface area contributed by atoms with Crippen LogP contribution < -0.4 is 4.90 Å². The zero-order chi connectivity index (χ0) is 18.0. The minimum Gasteiger partial charge on any atom is -0.478 e. The van der Waals surface area contributed by atoms with Crippen molar-refractivity contribution in [3.8, 4) is 0 Å². The van der Waals surface area contributed by atoms with Crippen LogP contribution in [0, 0.1) is 0 Å². The van der Waals surface area contributed by atoms with Gasteiger partial charge in [-0.3, -0.25) is 9.59 Å². The highest BCUT2D eigenvalue weighted by atomic mass is 32.2. The Hall–Kier alpha value is -2.60. The van der Waals surface area contributed by atoms with E-state index in [0.717, 1.165) is 23.7 Å². The minimum absolute atomic E-state index is 0.0625. The quantitative estimate of drug-likeness (QED) is 0.833. The van der Waals surface area contributed by atoms with Gasteiger partial charge in [0, 0.05) is 11.3 Å². The molecule has 1 aliphatic rings. The topological polar surface area (TPSA) is 74.7 Å². The number of rotatable bonds is 5. The third kappa shape index (κ3) is 3.44. The molecule has 2 aromatic rings. The van der Waals surface area contributed by atoms with Gasteiger partial charge in [-0.25, -0.2) is 9.69 Å². The third-order valence-electron chi connectivity index (χ3n) is 4.09. The molecule has 2 amide bonds. The Kier molecular flexibility index (Phi) is 4.90. The van der Waals surface area contributed by atoms with Gasteiger partial charge in [0.15, 0.2) is 0 Å². The van der Waals surface area contributed by atoms with Gasteiger partial charge in [-0.05, 0) is 36.2 Å². The lowest BCUT2D eigenvalue weighted by Crippen LogP contribution is -2.31. The molecule has 128 valence electrons. The fraction of sp³-hybridized carbons (Fsp3) is 0.211. The van der Waals surface area contributed by atoms with Gasteiger partial charge in [-0.2, -0.15) is 0 Å². The SMILES string of the molecule is CCc1ccc(N2C(=O)C[C@@H](Sc3ccccc3C(=O)O)C2=O)cc1. The summed E-state index contributed by atoms with van der Waals surface area (Å²) in [5.41, 5.74) is 1.82. The second kappa shape index (κ2) is 7.11. The zero-order valence-corrected chi connectivity index (χ0v) is 14.5. The number of aromatic carboxylic acids is 1. The van der Waals surface area contributed by atoms with Crippen molar-refractivity contribution in [1.82, 2.24) is 0 Å². The number of carboxylic acids is 1. The van der Waals surface area contributed by atoms with E-state index >= 15 is 0 Å². The second-order valence-electron chi connectivity index (χ2n) is 5.70. The Bertz CT molecular complexity index is 832. The van der Waals surface area contributed by atoms with Gasteiger partial charge in [0.05, 0.1) is 16.5 Å². The van der Waals surface area contributed by atoms with Crippen molar-refractivity contribution < 1.29 is 19.5 Å². The Morgan fingerprint density at radius 1 is 1.16 bits per heavy atom. The maximum Gasteiger partial charge on any atom is 0.336 e. The standard InChI is InChI=1S/C19H17NO4S/c1-2-12-7-9-13(10-8-12)20-17(21)11-16(18(20)22)25-15-6-4-3-5-14(15)19(23)24/h3-10,16H,2,11H2,1H3,(H,23,24)/t16-/m1/s1. The van der Waals surface area contributed by atoms with Crippen molar-refractivity contribution in [2.75, 3.05) is 4.90 Å². The first kappa shape index (κ1) is 17.2. The minimum atomic E-state index is -1.05. The van der Waals surface area contributed by atoms with Gasteiger partial charge >= 0.3 is 5.97 Å². The molecule has 0 aliphatic carbocycles. The van der Waals surface area contributed by atoms with Crippen molar-refractivity contribution in [3.63, 3.8) is 0 Å². The van der Waals surface area contributed by atoms with Gasteiger partial charge in [0.1, 0.15) is 0 Å². The monoisotopic (exact) mass is 355 g/mol. The van der Waals surface area contributed by atoms with E-state index in [2.05, 4.69) is 0 Å². The number of carbonyl (C=O) groups excluding carboxylic acids is 2. The van der Waals surface area contributed by atoms with Crippen LogP contribution in [0.1, 0.15) is 29.3 Å². The van der Waals surface area contributed by atoms with Crippen molar-refractivity contribution in [2.24, 2.45) is 0 Å².